The van der Waals surface area contributed by atoms with Gasteiger partial charge in [-0.2, -0.15) is 0 Å². The average molecular weight is 266 g/mol. The molecule has 0 amide bonds. The first-order chi connectivity index (χ1) is 9.09. The summed E-state index contributed by atoms with van der Waals surface area (Å²) in [7, 11) is 0. The number of likely N-dealkylation sites (tertiary alicyclic amines) is 1. The molecule has 4 heteroatoms. The highest BCUT2D eigenvalue weighted by Crippen LogP contribution is 2.36. The summed E-state index contributed by atoms with van der Waals surface area (Å²) in [5, 5.41) is 13.1. The Morgan fingerprint density at radius 1 is 1.32 bits per heavy atom. The zero-order chi connectivity index (χ0) is 13.5. The van der Waals surface area contributed by atoms with Gasteiger partial charge >= 0.3 is 5.97 Å². The molecule has 1 aliphatic heterocycles. The van der Waals surface area contributed by atoms with Crippen LogP contribution in [-0.2, 0) is 4.79 Å². The number of hydrogen-bond acceptors (Lipinski definition) is 3. The van der Waals surface area contributed by atoms with E-state index in [-0.39, 0.29) is 0 Å². The summed E-state index contributed by atoms with van der Waals surface area (Å²) in [6.45, 7) is 4.62. The molecule has 2 aliphatic carbocycles. The maximum Gasteiger partial charge on any atom is 0.323 e. The zero-order valence-electron chi connectivity index (χ0n) is 11.9. The molecule has 0 aromatic heterocycles. The number of rotatable bonds is 4. The van der Waals surface area contributed by atoms with Gasteiger partial charge in [0.25, 0.3) is 0 Å². The van der Waals surface area contributed by atoms with Gasteiger partial charge in [0.2, 0.25) is 0 Å². The first-order valence-corrected chi connectivity index (χ1v) is 7.84. The molecular weight excluding hydrogens is 240 g/mol. The fourth-order valence-corrected chi connectivity index (χ4v) is 3.86. The standard InChI is InChI=1S/C15H26N2O2/c1-11-6-8-17(10-11)13-3-2-7-15(9-13,14(18)19)16-12-4-5-12/h11-13,16H,2-10H2,1H3,(H,18,19). The zero-order valence-corrected chi connectivity index (χ0v) is 11.9. The van der Waals surface area contributed by atoms with E-state index in [0.29, 0.717) is 12.1 Å². The molecule has 2 N–H and O–H groups in total. The minimum atomic E-state index is -0.643. The molecule has 0 aromatic rings. The van der Waals surface area contributed by atoms with Crippen molar-refractivity contribution in [2.75, 3.05) is 13.1 Å². The maximum atomic E-state index is 11.8. The Morgan fingerprint density at radius 2 is 2.11 bits per heavy atom. The summed E-state index contributed by atoms with van der Waals surface area (Å²) in [5.41, 5.74) is -0.643. The number of hydrogen-bond donors (Lipinski definition) is 2. The molecule has 2 saturated carbocycles. The smallest absolute Gasteiger partial charge is 0.323 e. The third-order valence-electron chi connectivity index (χ3n) is 5.16. The third-order valence-corrected chi connectivity index (χ3v) is 5.16. The molecule has 3 unspecified atom stereocenters. The summed E-state index contributed by atoms with van der Waals surface area (Å²) in [6, 6.07) is 0.938. The van der Waals surface area contributed by atoms with Crippen LogP contribution in [0.1, 0.15) is 51.9 Å². The van der Waals surface area contributed by atoms with Crippen LogP contribution in [0.4, 0.5) is 0 Å². The Morgan fingerprint density at radius 3 is 2.68 bits per heavy atom. The van der Waals surface area contributed by atoms with Gasteiger partial charge in [-0.15, -0.1) is 0 Å². The van der Waals surface area contributed by atoms with Crippen LogP contribution in [0, 0.1) is 5.92 Å². The summed E-state index contributed by atoms with van der Waals surface area (Å²) >= 11 is 0. The van der Waals surface area contributed by atoms with E-state index < -0.39 is 11.5 Å². The van der Waals surface area contributed by atoms with Crippen molar-refractivity contribution in [3.63, 3.8) is 0 Å². The number of carbonyl (C=O) groups is 1. The highest BCUT2D eigenvalue weighted by molar-refractivity contribution is 5.79. The molecule has 0 bridgehead atoms. The van der Waals surface area contributed by atoms with Crippen molar-refractivity contribution in [3.05, 3.63) is 0 Å². The molecule has 108 valence electrons. The largest absolute Gasteiger partial charge is 0.480 e. The van der Waals surface area contributed by atoms with Gasteiger partial charge in [-0.25, -0.2) is 0 Å². The molecular formula is C15H26N2O2. The summed E-state index contributed by atoms with van der Waals surface area (Å²) < 4.78 is 0. The minimum absolute atomic E-state index is 0.465. The van der Waals surface area contributed by atoms with Crippen LogP contribution in [0.2, 0.25) is 0 Å². The lowest BCUT2D eigenvalue weighted by Gasteiger charge is -2.42. The number of nitrogens with zero attached hydrogens (tertiary/aromatic N) is 1. The lowest BCUT2D eigenvalue weighted by molar-refractivity contribution is -0.147. The van der Waals surface area contributed by atoms with Gasteiger partial charge in [0.15, 0.2) is 0 Å². The van der Waals surface area contributed by atoms with E-state index in [1.165, 1.54) is 12.8 Å². The quantitative estimate of drug-likeness (QED) is 0.815. The second kappa shape index (κ2) is 5.06. The van der Waals surface area contributed by atoms with Crippen molar-refractivity contribution in [2.24, 2.45) is 5.92 Å². The molecule has 0 radical (unpaired) electrons. The number of carboxylic acids is 1. The predicted octanol–water partition coefficient (Wildman–Crippen LogP) is 1.85. The Kier molecular flexibility index (Phi) is 3.56. The maximum absolute atomic E-state index is 11.8. The molecule has 0 aromatic carbocycles. The number of carboxylic acid groups (broad SMARTS) is 1. The van der Waals surface area contributed by atoms with E-state index in [9.17, 15) is 9.90 Å². The minimum Gasteiger partial charge on any atom is -0.480 e. The van der Waals surface area contributed by atoms with Crippen LogP contribution in [0.25, 0.3) is 0 Å². The molecule has 3 fully saturated rings. The van der Waals surface area contributed by atoms with Crippen LogP contribution in [0.5, 0.6) is 0 Å². The van der Waals surface area contributed by atoms with Crippen LogP contribution in [0.15, 0.2) is 0 Å². The fraction of sp³-hybridized carbons (Fsp3) is 0.933. The van der Waals surface area contributed by atoms with Gasteiger partial charge in [0.1, 0.15) is 5.54 Å². The van der Waals surface area contributed by atoms with Crippen molar-refractivity contribution >= 4 is 5.97 Å². The summed E-state index contributed by atoms with van der Waals surface area (Å²) in [6.07, 6.45) is 7.40. The van der Waals surface area contributed by atoms with Crippen molar-refractivity contribution in [2.45, 2.75) is 69.5 Å². The Labute approximate surface area is 115 Å². The monoisotopic (exact) mass is 266 g/mol. The summed E-state index contributed by atoms with van der Waals surface area (Å²) in [5.74, 6) is 0.147. The van der Waals surface area contributed by atoms with Gasteiger partial charge < -0.3 is 10.0 Å². The highest BCUT2D eigenvalue weighted by atomic mass is 16.4. The molecule has 3 aliphatic rings. The van der Waals surface area contributed by atoms with Gasteiger partial charge in [-0.3, -0.25) is 10.1 Å². The molecule has 0 spiro atoms. The molecule has 3 atom stereocenters. The second-order valence-electron chi connectivity index (χ2n) is 6.94. The van der Waals surface area contributed by atoms with Gasteiger partial charge in [0.05, 0.1) is 0 Å². The normalized spacial score (nSPS) is 40.5. The SMILES string of the molecule is CC1CCN(C2CCCC(NC3CC3)(C(=O)O)C2)C1. The number of nitrogens with one attached hydrogen (secondary N) is 1. The third kappa shape index (κ3) is 2.79. The second-order valence-corrected chi connectivity index (χ2v) is 6.94. The van der Waals surface area contributed by atoms with E-state index in [2.05, 4.69) is 17.1 Å². The van der Waals surface area contributed by atoms with E-state index in [4.69, 9.17) is 0 Å². The highest BCUT2D eigenvalue weighted by Gasteiger charge is 2.47. The van der Waals surface area contributed by atoms with E-state index in [1.54, 1.807) is 0 Å². The van der Waals surface area contributed by atoms with Crippen molar-refractivity contribution in [1.82, 2.24) is 10.2 Å². The Balaban J connectivity index is 1.69. The predicted molar refractivity (Wildman–Crippen MR) is 74.1 cm³/mol. The van der Waals surface area contributed by atoms with Crippen LogP contribution in [-0.4, -0.2) is 46.7 Å². The molecule has 1 heterocycles. The van der Waals surface area contributed by atoms with Gasteiger partial charge in [0, 0.05) is 18.6 Å². The van der Waals surface area contributed by atoms with Crippen LogP contribution >= 0.6 is 0 Å². The lowest BCUT2D eigenvalue weighted by atomic mass is 9.78. The molecule has 4 nitrogen and oxygen atoms in total. The lowest BCUT2D eigenvalue weighted by Crippen LogP contribution is -2.58. The first-order valence-electron chi connectivity index (χ1n) is 7.84. The molecule has 19 heavy (non-hydrogen) atoms. The van der Waals surface area contributed by atoms with E-state index >= 15 is 0 Å². The van der Waals surface area contributed by atoms with E-state index in [1.807, 2.05) is 0 Å². The van der Waals surface area contributed by atoms with Gasteiger partial charge in [-0.05, 0) is 57.4 Å². The van der Waals surface area contributed by atoms with Crippen LogP contribution < -0.4 is 5.32 Å². The fourth-order valence-electron chi connectivity index (χ4n) is 3.86. The molecule has 3 rings (SSSR count). The number of aliphatic carboxylic acids is 1. The van der Waals surface area contributed by atoms with Crippen molar-refractivity contribution in [3.8, 4) is 0 Å². The van der Waals surface area contributed by atoms with Crippen molar-refractivity contribution < 1.29 is 9.90 Å². The van der Waals surface area contributed by atoms with Gasteiger partial charge in [-0.1, -0.05) is 6.92 Å². The van der Waals surface area contributed by atoms with Crippen LogP contribution in [0.3, 0.4) is 0 Å². The van der Waals surface area contributed by atoms with Crippen molar-refractivity contribution in [1.29, 1.82) is 0 Å². The topological polar surface area (TPSA) is 52.6 Å². The van der Waals surface area contributed by atoms with E-state index in [0.717, 1.165) is 51.1 Å². The first kappa shape index (κ1) is 13.4. The Bertz CT molecular complexity index is 356. The molecule has 1 saturated heterocycles. The Hall–Kier alpha value is -0.610. The summed E-state index contributed by atoms with van der Waals surface area (Å²) in [4.78, 5) is 14.3. The average Bonchev–Trinajstić information content (AvgIpc) is 3.08.